The van der Waals surface area contributed by atoms with Crippen LogP contribution in [-0.2, 0) is 12.3 Å². The summed E-state index contributed by atoms with van der Waals surface area (Å²) in [5, 5.41) is 27.9. The Labute approximate surface area is 201 Å². The number of thioether (sulfide) groups is 1. The second-order valence-corrected chi connectivity index (χ2v) is 8.75. The van der Waals surface area contributed by atoms with Gasteiger partial charge in [-0.1, -0.05) is 60.7 Å². The molecule has 2 aromatic heterocycles. The zero-order chi connectivity index (χ0) is 23.3. The van der Waals surface area contributed by atoms with E-state index in [1.807, 2.05) is 53.3 Å². The van der Waals surface area contributed by atoms with Gasteiger partial charge >= 0.3 is 0 Å². The average Bonchev–Trinajstić information content (AvgIpc) is 3.51. The van der Waals surface area contributed by atoms with E-state index in [-0.39, 0.29) is 0 Å². The van der Waals surface area contributed by atoms with E-state index in [1.54, 1.807) is 28.7 Å². The van der Waals surface area contributed by atoms with Crippen LogP contribution in [0.4, 0.5) is 0 Å². The van der Waals surface area contributed by atoms with Gasteiger partial charge in [0.15, 0.2) is 0 Å². The van der Waals surface area contributed by atoms with Gasteiger partial charge in [-0.15, -0.1) is 22.0 Å². The van der Waals surface area contributed by atoms with Crippen molar-refractivity contribution < 1.29 is 0 Å². The molecular weight excluding hydrogens is 442 g/mol. The summed E-state index contributed by atoms with van der Waals surface area (Å²) in [5.74, 6) is 1.33. The molecular formula is C26H21N7S. The maximum Gasteiger partial charge on any atom is 0.209 e. The lowest BCUT2D eigenvalue weighted by Crippen LogP contribution is -2.04. The lowest BCUT2D eigenvalue weighted by molar-refractivity contribution is 0.573. The fourth-order valence-corrected chi connectivity index (χ4v) is 4.66. The number of para-hydroxylation sites is 1. The van der Waals surface area contributed by atoms with Gasteiger partial charge in [-0.25, -0.2) is 4.68 Å². The van der Waals surface area contributed by atoms with Crippen LogP contribution in [0.2, 0.25) is 0 Å². The Morgan fingerprint density at radius 1 is 0.912 bits per heavy atom. The van der Waals surface area contributed by atoms with E-state index in [0.29, 0.717) is 17.9 Å². The molecule has 2 heterocycles. The van der Waals surface area contributed by atoms with E-state index in [4.69, 9.17) is 10.4 Å². The van der Waals surface area contributed by atoms with Gasteiger partial charge in [-0.2, -0.15) is 15.2 Å². The van der Waals surface area contributed by atoms with Gasteiger partial charge in [-0.05, 0) is 47.0 Å². The van der Waals surface area contributed by atoms with E-state index in [1.165, 1.54) is 5.56 Å². The van der Waals surface area contributed by atoms with Crippen LogP contribution >= 0.6 is 11.8 Å². The molecule has 0 bridgehead atoms. The molecule has 0 spiro atoms. The number of tetrazole rings is 1. The van der Waals surface area contributed by atoms with E-state index in [0.717, 1.165) is 33.2 Å². The van der Waals surface area contributed by atoms with Crippen molar-refractivity contribution >= 4 is 11.8 Å². The van der Waals surface area contributed by atoms with Gasteiger partial charge in [0.25, 0.3) is 0 Å². The van der Waals surface area contributed by atoms with E-state index < -0.39 is 0 Å². The first kappa shape index (κ1) is 21.6. The molecule has 0 N–H and O–H groups in total. The SMILES string of the molecule is Cc1ccccc1-n1ncc(-c2nnn(Cc3ccc(C#N)cc3)n2)c1SCc1ccccc1. The standard InChI is InChI=1S/C26H21N7S/c1-19-7-5-6-10-24(19)33-26(34-18-22-8-3-2-4-9-22)23(16-28-33)25-29-31-32(30-25)17-21-13-11-20(15-27)12-14-21/h2-14,16H,17-18H2,1H3. The van der Waals surface area contributed by atoms with Crippen molar-refractivity contribution in [1.29, 1.82) is 5.26 Å². The fourth-order valence-electron chi connectivity index (χ4n) is 3.59. The Morgan fingerprint density at radius 2 is 1.68 bits per heavy atom. The lowest BCUT2D eigenvalue weighted by Gasteiger charge is -2.11. The molecule has 166 valence electrons. The third kappa shape index (κ3) is 4.60. The first-order valence-corrected chi connectivity index (χ1v) is 11.8. The highest BCUT2D eigenvalue weighted by Crippen LogP contribution is 2.34. The quantitative estimate of drug-likeness (QED) is 0.314. The molecule has 0 radical (unpaired) electrons. The van der Waals surface area contributed by atoms with Crippen molar-refractivity contribution in [3.8, 4) is 23.1 Å². The van der Waals surface area contributed by atoms with Crippen molar-refractivity contribution in [2.75, 3.05) is 0 Å². The van der Waals surface area contributed by atoms with Crippen LogP contribution in [0, 0.1) is 18.3 Å². The number of hydrogen-bond acceptors (Lipinski definition) is 6. The van der Waals surface area contributed by atoms with Gasteiger partial charge in [0.2, 0.25) is 5.82 Å². The minimum atomic E-state index is 0.469. The number of aryl methyl sites for hydroxylation is 1. The summed E-state index contributed by atoms with van der Waals surface area (Å²) < 4.78 is 1.96. The molecule has 0 unspecified atom stereocenters. The molecule has 0 atom stereocenters. The van der Waals surface area contributed by atoms with Crippen LogP contribution in [0.25, 0.3) is 17.1 Å². The number of rotatable bonds is 7. The monoisotopic (exact) mass is 463 g/mol. The number of hydrogen-bond donors (Lipinski definition) is 0. The summed E-state index contributed by atoms with van der Waals surface area (Å²) >= 11 is 1.70. The Kier molecular flexibility index (Phi) is 6.19. The van der Waals surface area contributed by atoms with Crippen LogP contribution in [0.5, 0.6) is 0 Å². The van der Waals surface area contributed by atoms with Gasteiger partial charge in [0.05, 0.1) is 35.6 Å². The number of nitrogens with zero attached hydrogens (tertiary/aromatic N) is 7. The molecule has 5 rings (SSSR count). The molecule has 8 heteroatoms. The highest BCUT2D eigenvalue weighted by Gasteiger charge is 2.19. The molecule has 7 nitrogen and oxygen atoms in total. The Balaban J connectivity index is 1.47. The van der Waals surface area contributed by atoms with E-state index >= 15 is 0 Å². The summed E-state index contributed by atoms with van der Waals surface area (Å²) in [6, 6.07) is 28.0. The zero-order valence-electron chi connectivity index (χ0n) is 18.5. The largest absolute Gasteiger partial charge is 0.226 e. The highest BCUT2D eigenvalue weighted by molar-refractivity contribution is 7.98. The number of aromatic nitrogens is 6. The predicted octanol–water partition coefficient (Wildman–Crippen LogP) is 5.05. The molecule has 0 amide bonds. The smallest absolute Gasteiger partial charge is 0.209 e. The molecule has 0 aliphatic heterocycles. The first-order chi connectivity index (χ1) is 16.7. The van der Waals surface area contributed by atoms with Crippen LogP contribution in [-0.4, -0.2) is 30.0 Å². The van der Waals surface area contributed by atoms with Gasteiger partial charge in [0.1, 0.15) is 5.03 Å². The van der Waals surface area contributed by atoms with Crippen molar-refractivity contribution in [3.63, 3.8) is 0 Å². The second kappa shape index (κ2) is 9.73. The van der Waals surface area contributed by atoms with Crippen LogP contribution in [0.1, 0.15) is 22.3 Å². The van der Waals surface area contributed by atoms with Gasteiger partial charge in [-0.3, -0.25) is 0 Å². The predicted molar refractivity (Wildman–Crippen MR) is 131 cm³/mol. The van der Waals surface area contributed by atoms with E-state index in [9.17, 15) is 0 Å². The zero-order valence-corrected chi connectivity index (χ0v) is 19.4. The van der Waals surface area contributed by atoms with Gasteiger partial charge in [0, 0.05) is 5.75 Å². The summed E-state index contributed by atoms with van der Waals surface area (Å²) in [6.07, 6.45) is 1.81. The van der Waals surface area contributed by atoms with Crippen molar-refractivity contribution in [1.82, 2.24) is 30.0 Å². The van der Waals surface area contributed by atoms with Crippen LogP contribution < -0.4 is 0 Å². The summed E-state index contributed by atoms with van der Waals surface area (Å²) in [4.78, 5) is 1.56. The molecule has 0 fully saturated rings. The van der Waals surface area contributed by atoms with Crippen molar-refractivity contribution in [3.05, 3.63) is 107 Å². The first-order valence-electron chi connectivity index (χ1n) is 10.8. The third-order valence-corrected chi connectivity index (χ3v) is 6.53. The summed E-state index contributed by atoms with van der Waals surface area (Å²) in [6.45, 7) is 2.55. The highest BCUT2D eigenvalue weighted by atomic mass is 32.2. The normalized spacial score (nSPS) is 10.8. The number of nitriles is 1. The third-order valence-electron chi connectivity index (χ3n) is 5.39. The minimum Gasteiger partial charge on any atom is -0.226 e. The van der Waals surface area contributed by atoms with E-state index in [2.05, 4.69) is 52.7 Å². The topological polar surface area (TPSA) is 85.2 Å². The lowest BCUT2D eigenvalue weighted by atomic mass is 10.1. The molecule has 34 heavy (non-hydrogen) atoms. The van der Waals surface area contributed by atoms with Crippen molar-refractivity contribution in [2.24, 2.45) is 0 Å². The summed E-state index contributed by atoms with van der Waals surface area (Å²) in [5.41, 5.74) is 5.85. The van der Waals surface area contributed by atoms with Crippen LogP contribution in [0.15, 0.2) is 90.1 Å². The molecule has 0 saturated heterocycles. The average molecular weight is 464 g/mol. The Bertz CT molecular complexity index is 1450. The molecule has 0 aliphatic rings. The Hall–Kier alpha value is -4.22. The molecule has 0 aliphatic carbocycles. The number of benzene rings is 3. The Morgan fingerprint density at radius 3 is 2.44 bits per heavy atom. The minimum absolute atomic E-state index is 0.469. The molecule has 0 saturated carbocycles. The fraction of sp³-hybridized carbons (Fsp3) is 0.115. The second-order valence-electron chi connectivity index (χ2n) is 7.79. The van der Waals surface area contributed by atoms with Crippen molar-refractivity contribution in [2.45, 2.75) is 24.2 Å². The summed E-state index contributed by atoms with van der Waals surface area (Å²) in [7, 11) is 0. The van der Waals surface area contributed by atoms with Gasteiger partial charge < -0.3 is 0 Å². The molecule has 5 aromatic rings. The maximum absolute atomic E-state index is 8.99. The van der Waals surface area contributed by atoms with Crippen LogP contribution in [0.3, 0.4) is 0 Å². The molecule has 3 aromatic carbocycles. The maximum atomic E-state index is 8.99.